The summed E-state index contributed by atoms with van der Waals surface area (Å²) in [4.78, 5) is 7.75. The molecule has 0 saturated heterocycles. The number of aromatic nitrogens is 2. The third-order valence-corrected chi connectivity index (χ3v) is 6.42. The number of nitrogens with one attached hydrogen (secondary N) is 1. The van der Waals surface area contributed by atoms with Crippen LogP contribution in [-0.4, -0.2) is 9.97 Å². The third-order valence-electron chi connectivity index (χ3n) is 6.42. The van der Waals surface area contributed by atoms with Gasteiger partial charge in [0.1, 0.15) is 30.5 Å². The Morgan fingerprint density at radius 1 is 0.868 bits per heavy atom. The van der Waals surface area contributed by atoms with E-state index in [1.54, 1.807) is 12.3 Å². The topological polar surface area (TPSA) is 96.9 Å². The van der Waals surface area contributed by atoms with E-state index < -0.39 is 0 Å². The van der Waals surface area contributed by atoms with E-state index in [4.69, 9.17) is 15.2 Å². The molecule has 0 unspecified atom stereocenters. The monoisotopic (exact) mass is 500 g/mol. The molecule has 38 heavy (non-hydrogen) atoms. The number of H-pyrrole nitrogens is 1. The van der Waals surface area contributed by atoms with Crippen molar-refractivity contribution in [1.82, 2.24) is 9.97 Å². The maximum atomic E-state index is 9.23. The van der Waals surface area contributed by atoms with E-state index in [2.05, 4.69) is 53.3 Å². The van der Waals surface area contributed by atoms with E-state index in [0.717, 1.165) is 22.4 Å². The maximum absolute atomic E-state index is 9.23. The molecule has 1 heterocycles. The lowest BCUT2D eigenvalue weighted by atomic mass is 9.97. The van der Waals surface area contributed by atoms with Gasteiger partial charge in [-0.3, -0.25) is 0 Å². The quantitative estimate of drug-likeness (QED) is 0.239. The van der Waals surface area contributed by atoms with Gasteiger partial charge in [-0.2, -0.15) is 5.26 Å². The molecular formula is C32H28N4O2. The first-order valence-corrected chi connectivity index (χ1v) is 12.4. The highest BCUT2D eigenvalue weighted by molar-refractivity contribution is 5.68. The van der Waals surface area contributed by atoms with Crippen LogP contribution >= 0.6 is 0 Å². The molecule has 0 aliphatic carbocycles. The summed E-state index contributed by atoms with van der Waals surface area (Å²) in [6.45, 7) is 3.19. The minimum atomic E-state index is 0.300. The zero-order valence-electron chi connectivity index (χ0n) is 21.1. The first-order valence-electron chi connectivity index (χ1n) is 12.4. The van der Waals surface area contributed by atoms with Gasteiger partial charge < -0.3 is 20.2 Å². The van der Waals surface area contributed by atoms with Crippen LogP contribution in [0.15, 0.2) is 97.2 Å². The molecule has 1 aromatic heterocycles. The predicted octanol–water partition coefficient (Wildman–Crippen LogP) is 6.54. The number of nitrogens with two attached hydrogens (primary N) is 1. The summed E-state index contributed by atoms with van der Waals surface area (Å²) in [6, 6.07) is 31.9. The smallest absolute Gasteiger partial charge is 0.141 e. The van der Waals surface area contributed by atoms with Crippen LogP contribution in [0.3, 0.4) is 0 Å². The van der Waals surface area contributed by atoms with Crippen molar-refractivity contribution in [2.45, 2.75) is 26.7 Å². The normalized spacial score (nSPS) is 10.7. The molecule has 6 nitrogen and oxygen atoms in total. The van der Waals surface area contributed by atoms with E-state index in [9.17, 15) is 5.26 Å². The molecule has 0 saturated carbocycles. The predicted molar refractivity (Wildman–Crippen MR) is 148 cm³/mol. The number of aromatic amines is 1. The van der Waals surface area contributed by atoms with E-state index in [0.29, 0.717) is 42.6 Å². The lowest BCUT2D eigenvalue weighted by Crippen LogP contribution is -2.02. The Morgan fingerprint density at radius 3 is 2.50 bits per heavy atom. The van der Waals surface area contributed by atoms with Crippen molar-refractivity contribution in [3.05, 3.63) is 125 Å². The molecule has 0 aliphatic rings. The van der Waals surface area contributed by atoms with Gasteiger partial charge in [-0.1, -0.05) is 60.7 Å². The van der Waals surface area contributed by atoms with E-state index >= 15 is 0 Å². The number of hydrogen-bond donors (Lipinski definition) is 2. The number of rotatable bonds is 9. The summed E-state index contributed by atoms with van der Waals surface area (Å²) in [5.74, 6) is 1.98. The number of nitrogens with zero attached hydrogens (tertiary/aromatic N) is 2. The minimum Gasteiger partial charge on any atom is -0.489 e. The zero-order valence-corrected chi connectivity index (χ0v) is 21.1. The largest absolute Gasteiger partial charge is 0.489 e. The fourth-order valence-electron chi connectivity index (χ4n) is 4.33. The summed E-state index contributed by atoms with van der Waals surface area (Å²) in [5, 5.41) is 9.23. The molecular weight excluding hydrogens is 472 g/mol. The molecule has 4 aromatic carbocycles. The van der Waals surface area contributed by atoms with E-state index in [-0.39, 0.29) is 0 Å². The summed E-state index contributed by atoms with van der Waals surface area (Å²) < 4.78 is 12.5. The second kappa shape index (κ2) is 11.5. The number of nitriles is 1. The van der Waals surface area contributed by atoms with Crippen LogP contribution in [0.25, 0.3) is 22.5 Å². The molecule has 5 rings (SSSR count). The van der Waals surface area contributed by atoms with Crippen LogP contribution in [0.4, 0.5) is 0 Å². The van der Waals surface area contributed by atoms with Gasteiger partial charge in [0.2, 0.25) is 0 Å². The highest BCUT2D eigenvalue weighted by atomic mass is 16.5. The van der Waals surface area contributed by atoms with Gasteiger partial charge in [-0.05, 0) is 59.0 Å². The first-order chi connectivity index (χ1) is 18.6. The highest BCUT2D eigenvalue weighted by Crippen LogP contribution is 2.33. The first kappa shape index (κ1) is 24.8. The van der Waals surface area contributed by atoms with Crippen LogP contribution < -0.4 is 15.2 Å². The Labute approximate surface area is 222 Å². The minimum absolute atomic E-state index is 0.300. The fraction of sp³-hybridized carbons (Fsp3) is 0.125. The van der Waals surface area contributed by atoms with Crippen molar-refractivity contribution in [3.63, 3.8) is 0 Å². The SMILES string of the molecule is Cc1c(COc2ccc(-c3nc(CN)c[nH]3)c(OCc3cccc(C#N)c3)c2)cccc1-c1ccccc1. The molecule has 5 aromatic rings. The van der Waals surface area contributed by atoms with Crippen molar-refractivity contribution in [1.29, 1.82) is 5.26 Å². The molecule has 0 atom stereocenters. The third kappa shape index (κ3) is 5.59. The summed E-state index contributed by atoms with van der Waals surface area (Å²) >= 11 is 0. The molecule has 0 bridgehead atoms. The summed E-state index contributed by atoms with van der Waals surface area (Å²) in [6.07, 6.45) is 1.79. The second-order valence-corrected chi connectivity index (χ2v) is 8.95. The van der Waals surface area contributed by atoms with Crippen molar-refractivity contribution in [2.75, 3.05) is 0 Å². The van der Waals surface area contributed by atoms with Crippen LogP contribution in [0.1, 0.15) is 27.9 Å². The number of hydrogen-bond acceptors (Lipinski definition) is 5. The average molecular weight is 501 g/mol. The Hall–Kier alpha value is -4.86. The molecule has 0 radical (unpaired) electrons. The Morgan fingerprint density at radius 2 is 1.71 bits per heavy atom. The van der Waals surface area contributed by atoms with Crippen LogP contribution in [0.2, 0.25) is 0 Å². The molecule has 0 amide bonds. The van der Waals surface area contributed by atoms with Gasteiger partial charge in [0, 0.05) is 18.8 Å². The zero-order chi connectivity index (χ0) is 26.3. The van der Waals surface area contributed by atoms with Gasteiger partial charge in [0.15, 0.2) is 0 Å². The van der Waals surface area contributed by atoms with Crippen LogP contribution in [0, 0.1) is 18.3 Å². The van der Waals surface area contributed by atoms with Crippen molar-refractivity contribution >= 4 is 0 Å². The molecule has 0 fully saturated rings. The Balaban J connectivity index is 1.40. The van der Waals surface area contributed by atoms with Crippen molar-refractivity contribution in [3.8, 4) is 40.1 Å². The van der Waals surface area contributed by atoms with Gasteiger partial charge in [-0.25, -0.2) is 4.98 Å². The molecule has 0 spiro atoms. The lowest BCUT2D eigenvalue weighted by Gasteiger charge is -2.15. The molecule has 0 aliphatic heterocycles. The van der Waals surface area contributed by atoms with Gasteiger partial charge in [-0.15, -0.1) is 0 Å². The van der Waals surface area contributed by atoms with Gasteiger partial charge >= 0.3 is 0 Å². The van der Waals surface area contributed by atoms with Gasteiger partial charge in [0.25, 0.3) is 0 Å². The fourth-order valence-corrected chi connectivity index (χ4v) is 4.33. The second-order valence-electron chi connectivity index (χ2n) is 8.95. The average Bonchev–Trinajstić information content (AvgIpc) is 3.45. The van der Waals surface area contributed by atoms with Crippen LogP contribution in [-0.2, 0) is 19.8 Å². The molecule has 3 N–H and O–H groups in total. The number of benzene rings is 4. The maximum Gasteiger partial charge on any atom is 0.141 e. The van der Waals surface area contributed by atoms with Gasteiger partial charge in [0.05, 0.1) is 22.9 Å². The van der Waals surface area contributed by atoms with Crippen molar-refractivity contribution < 1.29 is 9.47 Å². The highest BCUT2D eigenvalue weighted by Gasteiger charge is 2.14. The number of ether oxygens (including phenoxy) is 2. The summed E-state index contributed by atoms with van der Waals surface area (Å²) in [7, 11) is 0. The lowest BCUT2D eigenvalue weighted by molar-refractivity contribution is 0.290. The molecule has 188 valence electrons. The Kier molecular flexibility index (Phi) is 7.49. The van der Waals surface area contributed by atoms with E-state index in [1.165, 1.54) is 16.7 Å². The van der Waals surface area contributed by atoms with E-state index in [1.807, 2.05) is 54.6 Å². The molecule has 6 heteroatoms. The standard InChI is InChI=1S/C32H28N4O2/c1-22-26(11-6-12-29(22)25-9-3-2-4-10-25)21-37-28-13-14-30(32-35-19-27(18-34)36-32)31(16-28)38-20-24-8-5-7-23(15-24)17-33/h2-16,19H,18,20-21,34H2,1H3,(H,35,36). The Bertz CT molecular complexity index is 1590. The number of imidazole rings is 1. The van der Waals surface area contributed by atoms with Crippen LogP contribution in [0.5, 0.6) is 11.5 Å². The summed E-state index contributed by atoms with van der Waals surface area (Å²) in [5.41, 5.74) is 13.5. The van der Waals surface area contributed by atoms with Crippen molar-refractivity contribution in [2.24, 2.45) is 5.73 Å².